The molecule has 7 heteroatoms. The first kappa shape index (κ1) is 18.8. The molecule has 0 radical (unpaired) electrons. The number of carbonyl (C=O) groups is 1. The minimum absolute atomic E-state index is 0.0219. The summed E-state index contributed by atoms with van der Waals surface area (Å²) in [7, 11) is 0. The molecule has 2 heterocycles. The summed E-state index contributed by atoms with van der Waals surface area (Å²) >= 11 is 7.32. The van der Waals surface area contributed by atoms with Crippen molar-refractivity contribution in [3.8, 4) is 5.88 Å². The van der Waals surface area contributed by atoms with Gasteiger partial charge in [0.05, 0.1) is 18.2 Å². The first-order chi connectivity index (χ1) is 12.7. The van der Waals surface area contributed by atoms with E-state index in [9.17, 15) is 4.79 Å². The molecule has 136 valence electrons. The summed E-state index contributed by atoms with van der Waals surface area (Å²) in [6.07, 6.45) is 2.95. The van der Waals surface area contributed by atoms with Crippen LogP contribution in [0.15, 0.2) is 65.0 Å². The number of ether oxygens (including phenoxy) is 2. The van der Waals surface area contributed by atoms with E-state index in [0.717, 1.165) is 4.90 Å². The molecule has 1 amide bonds. The van der Waals surface area contributed by atoms with E-state index in [0.29, 0.717) is 37.2 Å². The zero-order valence-corrected chi connectivity index (χ0v) is 15.7. The minimum atomic E-state index is -0.180. The molecule has 1 aromatic heterocycles. The second-order valence-corrected chi connectivity index (χ2v) is 7.05. The zero-order chi connectivity index (χ0) is 18.2. The third-order valence-corrected chi connectivity index (χ3v) is 4.77. The van der Waals surface area contributed by atoms with Gasteiger partial charge in [-0.25, -0.2) is 4.98 Å². The van der Waals surface area contributed by atoms with Crippen molar-refractivity contribution in [1.29, 1.82) is 0 Å². The predicted molar refractivity (Wildman–Crippen MR) is 103 cm³/mol. The average molecular weight is 391 g/mol. The Kier molecular flexibility index (Phi) is 6.94. The van der Waals surface area contributed by atoms with E-state index in [4.69, 9.17) is 21.1 Å². The van der Waals surface area contributed by atoms with Crippen molar-refractivity contribution in [2.24, 2.45) is 0 Å². The van der Waals surface area contributed by atoms with Crippen LogP contribution in [0.4, 0.5) is 0 Å². The Labute approximate surface area is 162 Å². The maximum Gasteiger partial charge on any atom is 0.247 e. The lowest BCUT2D eigenvalue weighted by Crippen LogP contribution is -2.47. The van der Waals surface area contributed by atoms with Crippen molar-refractivity contribution in [1.82, 2.24) is 9.88 Å². The highest BCUT2D eigenvalue weighted by atomic mass is 35.5. The first-order valence-corrected chi connectivity index (χ1v) is 9.49. The molecule has 1 aliphatic heterocycles. The van der Waals surface area contributed by atoms with Gasteiger partial charge in [0.1, 0.15) is 12.7 Å². The molecule has 0 spiro atoms. The lowest BCUT2D eigenvalue weighted by molar-refractivity contribution is -0.134. The largest absolute Gasteiger partial charge is 0.475 e. The molecule has 1 fully saturated rings. The van der Waals surface area contributed by atoms with Gasteiger partial charge in [0.2, 0.25) is 11.8 Å². The summed E-state index contributed by atoms with van der Waals surface area (Å²) in [5, 5.41) is 2.37. The van der Waals surface area contributed by atoms with E-state index < -0.39 is 0 Å². The summed E-state index contributed by atoms with van der Waals surface area (Å²) in [5.41, 5.74) is 0. The number of aromatic nitrogens is 1. The number of carbonyl (C=O) groups excluding carboxylic acids is 1. The molecular weight excluding hydrogens is 372 g/mol. The van der Waals surface area contributed by atoms with Crippen LogP contribution in [0.2, 0.25) is 5.02 Å². The molecule has 1 aliphatic rings. The van der Waals surface area contributed by atoms with E-state index >= 15 is 0 Å². The van der Waals surface area contributed by atoms with Crippen LogP contribution in [0.1, 0.15) is 0 Å². The molecule has 1 unspecified atom stereocenters. The van der Waals surface area contributed by atoms with Crippen molar-refractivity contribution < 1.29 is 14.3 Å². The average Bonchev–Trinajstić information content (AvgIpc) is 2.68. The fraction of sp³-hybridized carbons (Fsp3) is 0.263. The molecule has 0 N–H and O–H groups in total. The number of benzene rings is 1. The van der Waals surface area contributed by atoms with Crippen molar-refractivity contribution in [3.05, 3.63) is 65.2 Å². The molecule has 0 saturated carbocycles. The number of morpholine rings is 1. The highest BCUT2D eigenvalue weighted by Crippen LogP contribution is 2.18. The van der Waals surface area contributed by atoms with Crippen LogP contribution in [0.25, 0.3) is 0 Å². The topological polar surface area (TPSA) is 51.7 Å². The summed E-state index contributed by atoms with van der Waals surface area (Å²) < 4.78 is 11.3. The van der Waals surface area contributed by atoms with Gasteiger partial charge < -0.3 is 14.4 Å². The predicted octanol–water partition coefficient (Wildman–Crippen LogP) is 3.65. The summed E-state index contributed by atoms with van der Waals surface area (Å²) in [6.45, 7) is 1.90. The monoisotopic (exact) mass is 390 g/mol. The Morgan fingerprint density at radius 2 is 2.19 bits per heavy atom. The highest BCUT2D eigenvalue weighted by Gasteiger charge is 2.23. The molecule has 0 aliphatic carbocycles. The van der Waals surface area contributed by atoms with Crippen LogP contribution in [0, 0.1) is 0 Å². The lowest BCUT2D eigenvalue weighted by atomic mass is 10.3. The van der Waals surface area contributed by atoms with Gasteiger partial charge in [-0.05, 0) is 23.6 Å². The van der Waals surface area contributed by atoms with Gasteiger partial charge in [0, 0.05) is 29.8 Å². The van der Waals surface area contributed by atoms with Gasteiger partial charge in [-0.15, -0.1) is 0 Å². The molecule has 5 nitrogen and oxygen atoms in total. The van der Waals surface area contributed by atoms with E-state index in [-0.39, 0.29) is 12.0 Å². The summed E-state index contributed by atoms with van der Waals surface area (Å²) in [6, 6.07) is 13.3. The molecular formula is C19H19ClN2O3S. The second-order valence-electron chi connectivity index (χ2n) is 5.64. The second kappa shape index (κ2) is 9.62. The Bertz CT molecular complexity index is 740. The normalized spacial score (nSPS) is 17.4. The van der Waals surface area contributed by atoms with Gasteiger partial charge in [0.15, 0.2) is 0 Å². The number of amides is 1. The van der Waals surface area contributed by atoms with Crippen LogP contribution >= 0.6 is 23.4 Å². The van der Waals surface area contributed by atoms with Gasteiger partial charge >= 0.3 is 0 Å². The number of hydrogen-bond donors (Lipinski definition) is 0. The molecule has 26 heavy (non-hydrogen) atoms. The molecule has 1 aromatic carbocycles. The van der Waals surface area contributed by atoms with Crippen LogP contribution in [-0.2, 0) is 9.53 Å². The molecule has 3 rings (SSSR count). The van der Waals surface area contributed by atoms with Gasteiger partial charge in [-0.1, -0.05) is 41.6 Å². The standard InChI is InChI=1S/C19H19ClN2O3S/c20-15-6-7-18(21-12-15)25-14-16-13-22(9-10-24-16)19(23)8-11-26-17-4-2-1-3-5-17/h1-8,11-12,16H,9-10,13-14H2. The third-order valence-electron chi connectivity index (χ3n) is 3.73. The van der Waals surface area contributed by atoms with Crippen LogP contribution < -0.4 is 4.74 Å². The molecule has 0 bridgehead atoms. The van der Waals surface area contributed by atoms with Gasteiger partial charge in [0.25, 0.3) is 0 Å². The fourth-order valence-electron chi connectivity index (χ4n) is 2.42. The summed E-state index contributed by atoms with van der Waals surface area (Å²) in [5.74, 6) is 0.465. The SMILES string of the molecule is O=C(C=CSc1ccccc1)N1CCOC(COc2ccc(Cl)cn2)C1. The Morgan fingerprint density at radius 1 is 1.35 bits per heavy atom. The zero-order valence-electron chi connectivity index (χ0n) is 14.1. The Hall–Kier alpha value is -2.02. The van der Waals surface area contributed by atoms with Crippen LogP contribution in [-0.4, -0.2) is 48.2 Å². The minimum Gasteiger partial charge on any atom is -0.475 e. The maximum absolute atomic E-state index is 12.3. The summed E-state index contributed by atoms with van der Waals surface area (Å²) in [4.78, 5) is 19.3. The number of pyridine rings is 1. The quantitative estimate of drug-likeness (QED) is 0.556. The first-order valence-electron chi connectivity index (χ1n) is 8.24. The number of thioether (sulfide) groups is 1. The number of halogens is 1. The van der Waals surface area contributed by atoms with Gasteiger partial charge in [-0.2, -0.15) is 0 Å². The Balaban J connectivity index is 1.46. The molecule has 1 atom stereocenters. The Morgan fingerprint density at radius 3 is 2.96 bits per heavy atom. The van der Waals surface area contributed by atoms with Crippen molar-refractivity contribution in [2.75, 3.05) is 26.3 Å². The highest BCUT2D eigenvalue weighted by molar-refractivity contribution is 8.02. The van der Waals surface area contributed by atoms with Crippen molar-refractivity contribution in [3.63, 3.8) is 0 Å². The van der Waals surface area contributed by atoms with E-state index in [1.54, 1.807) is 23.1 Å². The van der Waals surface area contributed by atoms with Crippen LogP contribution in [0.5, 0.6) is 5.88 Å². The number of nitrogens with zero attached hydrogens (tertiary/aromatic N) is 2. The van der Waals surface area contributed by atoms with Crippen molar-refractivity contribution >= 4 is 29.3 Å². The third kappa shape index (κ3) is 5.76. The van der Waals surface area contributed by atoms with Crippen LogP contribution in [0.3, 0.4) is 0 Å². The van der Waals surface area contributed by atoms with E-state index in [1.807, 2.05) is 35.7 Å². The molecule has 1 saturated heterocycles. The van der Waals surface area contributed by atoms with Gasteiger partial charge in [-0.3, -0.25) is 4.79 Å². The lowest BCUT2D eigenvalue weighted by Gasteiger charge is -2.32. The number of rotatable bonds is 6. The van der Waals surface area contributed by atoms with E-state index in [2.05, 4.69) is 4.98 Å². The fourth-order valence-corrected chi connectivity index (χ4v) is 3.19. The maximum atomic E-state index is 12.3. The molecule has 2 aromatic rings. The number of hydrogen-bond acceptors (Lipinski definition) is 5. The van der Waals surface area contributed by atoms with Crippen molar-refractivity contribution in [2.45, 2.75) is 11.0 Å². The van der Waals surface area contributed by atoms with E-state index in [1.165, 1.54) is 18.0 Å². The smallest absolute Gasteiger partial charge is 0.247 e.